The van der Waals surface area contributed by atoms with Crippen molar-refractivity contribution >= 4 is 0 Å². The molecule has 1 heterocycles. The zero-order chi connectivity index (χ0) is 15.1. The molecule has 0 saturated heterocycles. The number of halogens is 1. The summed E-state index contributed by atoms with van der Waals surface area (Å²) in [4.78, 5) is 2.11. The minimum Gasteiger partial charge on any atom is -0.468 e. The van der Waals surface area contributed by atoms with Gasteiger partial charge in [-0.05, 0) is 30.8 Å². The summed E-state index contributed by atoms with van der Waals surface area (Å²) >= 11 is 0. The first-order chi connectivity index (χ1) is 10.2. The Hall–Kier alpha value is -2.09. The summed E-state index contributed by atoms with van der Waals surface area (Å²) in [6.07, 6.45) is 1.65. The van der Waals surface area contributed by atoms with Crippen molar-refractivity contribution in [1.29, 1.82) is 0 Å². The Morgan fingerprint density at radius 3 is 2.76 bits per heavy atom. The second-order valence-corrected chi connectivity index (χ2v) is 4.69. The van der Waals surface area contributed by atoms with Crippen molar-refractivity contribution in [2.24, 2.45) is 5.73 Å². The first kappa shape index (κ1) is 15.3. The molecular weight excluding hydrogens is 267 g/mol. The van der Waals surface area contributed by atoms with Gasteiger partial charge in [0.1, 0.15) is 11.6 Å². The number of nitrogens with zero attached hydrogens (tertiary/aromatic N) is 1. The van der Waals surface area contributed by atoms with Crippen LogP contribution >= 0.6 is 0 Å². The van der Waals surface area contributed by atoms with Crippen LogP contribution in [0.5, 0.6) is 0 Å². The van der Waals surface area contributed by atoms with E-state index in [1.807, 2.05) is 25.1 Å². The van der Waals surface area contributed by atoms with Crippen molar-refractivity contribution < 1.29 is 8.81 Å². The Morgan fingerprint density at radius 2 is 2.14 bits per heavy atom. The van der Waals surface area contributed by atoms with E-state index in [4.69, 9.17) is 10.2 Å². The Bertz CT molecular complexity index is 626. The minimum absolute atomic E-state index is 0.239. The SMILES string of the molecule is CCN(Cc1ccco1)Cc1ccc(C#CCN)cc1F. The van der Waals surface area contributed by atoms with Gasteiger partial charge >= 0.3 is 0 Å². The van der Waals surface area contributed by atoms with E-state index in [0.29, 0.717) is 24.2 Å². The molecule has 0 aliphatic rings. The van der Waals surface area contributed by atoms with Gasteiger partial charge in [-0.2, -0.15) is 0 Å². The number of nitrogens with two attached hydrogens (primary N) is 1. The van der Waals surface area contributed by atoms with Crippen LogP contribution in [0.4, 0.5) is 4.39 Å². The Kier molecular flexibility index (Phi) is 5.56. The molecule has 0 radical (unpaired) electrons. The molecule has 21 heavy (non-hydrogen) atoms. The van der Waals surface area contributed by atoms with Crippen molar-refractivity contribution in [1.82, 2.24) is 4.90 Å². The molecule has 0 bridgehead atoms. The van der Waals surface area contributed by atoms with Crippen molar-refractivity contribution in [3.05, 3.63) is 59.3 Å². The molecule has 0 fully saturated rings. The lowest BCUT2D eigenvalue weighted by Crippen LogP contribution is -2.22. The van der Waals surface area contributed by atoms with Crippen molar-refractivity contribution in [3.8, 4) is 11.8 Å². The number of hydrogen-bond acceptors (Lipinski definition) is 3. The zero-order valence-corrected chi connectivity index (χ0v) is 12.1. The topological polar surface area (TPSA) is 42.4 Å². The molecule has 2 N–H and O–H groups in total. The summed E-state index contributed by atoms with van der Waals surface area (Å²) in [5.74, 6) is 6.19. The number of furan rings is 1. The highest BCUT2D eigenvalue weighted by atomic mass is 19.1. The highest BCUT2D eigenvalue weighted by Crippen LogP contribution is 2.14. The average molecular weight is 286 g/mol. The molecule has 0 atom stereocenters. The fourth-order valence-corrected chi connectivity index (χ4v) is 2.05. The van der Waals surface area contributed by atoms with Crippen LogP contribution in [0, 0.1) is 17.7 Å². The van der Waals surface area contributed by atoms with Crippen LogP contribution in [0.15, 0.2) is 41.0 Å². The Labute approximate surface area is 124 Å². The highest BCUT2D eigenvalue weighted by Gasteiger charge is 2.10. The van der Waals surface area contributed by atoms with Crippen LogP contribution in [-0.2, 0) is 13.1 Å². The maximum absolute atomic E-state index is 14.1. The van der Waals surface area contributed by atoms with Gasteiger partial charge in [-0.25, -0.2) is 4.39 Å². The predicted octanol–water partition coefficient (Wildman–Crippen LogP) is 2.75. The molecule has 0 aliphatic heterocycles. The van der Waals surface area contributed by atoms with Gasteiger partial charge < -0.3 is 10.2 Å². The first-order valence-electron chi connectivity index (χ1n) is 6.95. The van der Waals surface area contributed by atoms with Gasteiger partial charge in [0.2, 0.25) is 0 Å². The summed E-state index contributed by atoms with van der Waals surface area (Å²) in [6.45, 7) is 4.33. The van der Waals surface area contributed by atoms with E-state index in [9.17, 15) is 4.39 Å². The van der Waals surface area contributed by atoms with E-state index in [-0.39, 0.29) is 12.4 Å². The molecule has 0 unspecified atom stereocenters. The van der Waals surface area contributed by atoms with Crippen LogP contribution in [0.3, 0.4) is 0 Å². The average Bonchev–Trinajstić information content (AvgIpc) is 2.99. The second-order valence-electron chi connectivity index (χ2n) is 4.69. The van der Waals surface area contributed by atoms with E-state index < -0.39 is 0 Å². The van der Waals surface area contributed by atoms with Crippen molar-refractivity contribution in [3.63, 3.8) is 0 Å². The van der Waals surface area contributed by atoms with E-state index in [1.54, 1.807) is 12.3 Å². The third kappa shape index (κ3) is 4.45. The predicted molar refractivity (Wildman–Crippen MR) is 80.8 cm³/mol. The minimum atomic E-state index is -0.239. The maximum atomic E-state index is 14.1. The molecule has 0 saturated carbocycles. The molecule has 0 amide bonds. The summed E-state index contributed by atoms with van der Waals surface area (Å²) in [5, 5.41) is 0. The smallest absolute Gasteiger partial charge is 0.128 e. The number of rotatable bonds is 5. The van der Waals surface area contributed by atoms with E-state index in [2.05, 4.69) is 16.7 Å². The van der Waals surface area contributed by atoms with E-state index in [1.165, 1.54) is 6.07 Å². The lowest BCUT2D eigenvalue weighted by atomic mass is 10.1. The largest absolute Gasteiger partial charge is 0.468 e. The van der Waals surface area contributed by atoms with Gasteiger partial charge in [-0.15, -0.1) is 0 Å². The summed E-state index contributed by atoms with van der Waals surface area (Å²) in [7, 11) is 0. The molecule has 1 aromatic heterocycles. The number of benzene rings is 1. The van der Waals surface area contributed by atoms with Crippen LogP contribution in [0.1, 0.15) is 23.8 Å². The van der Waals surface area contributed by atoms with Gasteiger partial charge in [0, 0.05) is 17.7 Å². The molecule has 4 heteroatoms. The Morgan fingerprint density at radius 1 is 1.29 bits per heavy atom. The second kappa shape index (κ2) is 7.63. The summed E-state index contributed by atoms with van der Waals surface area (Å²) < 4.78 is 19.4. The van der Waals surface area contributed by atoms with Crippen LogP contribution in [0.25, 0.3) is 0 Å². The van der Waals surface area contributed by atoms with Crippen molar-refractivity contribution in [2.75, 3.05) is 13.1 Å². The van der Waals surface area contributed by atoms with Gasteiger partial charge in [0.25, 0.3) is 0 Å². The van der Waals surface area contributed by atoms with Gasteiger partial charge in [0.15, 0.2) is 0 Å². The molecule has 0 aliphatic carbocycles. The summed E-state index contributed by atoms with van der Waals surface area (Å²) in [5.41, 5.74) is 6.61. The molecular formula is C17H19FN2O. The lowest BCUT2D eigenvalue weighted by molar-refractivity contribution is 0.244. The molecule has 110 valence electrons. The quantitative estimate of drug-likeness (QED) is 0.859. The normalized spacial score (nSPS) is 10.5. The van der Waals surface area contributed by atoms with E-state index in [0.717, 1.165) is 12.3 Å². The maximum Gasteiger partial charge on any atom is 0.128 e. The standard InChI is InChI=1S/C17H19FN2O/c1-2-20(13-16-6-4-10-21-16)12-15-8-7-14(5-3-9-19)11-17(15)18/h4,6-8,10-11H,2,9,12-13,19H2,1H3. The third-order valence-corrected chi connectivity index (χ3v) is 3.19. The van der Waals surface area contributed by atoms with Gasteiger partial charge in [0.05, 0.1) is 19.4 Å². The molecule has 3 nitrogen and oxygen atoms in total. The van der Waals surface area contributed by atoms with Crippen LogP contribution < -0.4 is 5.73 Å². The van der Waals surface area contributed by atoms with Gasteiger partial charge in [-0.3, -0.25) is 4.90 Å². The zero-order valence-electron chi connectivity index (χ0n) is 12.1. The van der Waals surface area contributed by atoms with Gasteiger partial charge in [-0.1, -0.05) is 24.8 Å². The molecule has 0 spiro atoms. The van der Waals surface area contributed by atoms with E-state index >= 15 is 0 Å². The Balaban J connectivity index is 2.07. The van der Waals surface area contributed by atoms with Crippen LogP contribution in [-0.4, -0.2) is 18.0 Å². The fraction of sp³-hybridized carbons (Fsp3) is 0.294. The third-order valence-electron chi connectivity index (χ3n) is 3.19. The van der Waals surface area contributed by atoms with Crippen molar-refractivity contribution in [2.45, 2.75) is 20.0 Å². The lowest BCUT2D eigenvalue weighted by Gasteiger charge is -2.19. The number of hydrogen-bond donors (Lipinski definition) is 1. The van der Waals surface area contributed by atoms with Crippen LogP contribution in [0.2, 0.25) is 0 Å². The summed E-state index contributed by atoms with van der Waals surface area (Å²) in [6, 6.07) is 8.83. The molecule has 1 aromatic carbocycles. The first-order valence-corrected chi connectivity index (χ1v) is 6.95. The monoisotopic (exact) mass is 286 g/mol. The highest BCUT2D eigenvalue weighted by molar-refractivity contribution is 5.37. The molecule has 2 aromatic rings. The molecule has 2 rings (SSSR count). The fourth-order valence-electron chi connectivity index (χ4n) is 2.05.